The lowest BCUT2D eigenvalue weighted by Crippen LogP contribution is -2.41. The van der Waals surface area contributed by atoms with Gasteiger partial charge in [0.05, 0.1) is 36.8 Å². The molecule has 0 bridgehead atoms. The predicted octanol–water partition coefficient (Wildman–Crippen LogP) is 3.85. The van der Waals surface area contributed by atoms with Crippen LogP contribution in [0.25, 0.3) is 0 Å². The molecule has 0 aliphatic carbocycles. The van der Waals surface area contributed by atoms with Gasteiger partial charge in [0.15, 0.2) is 11.5 Å². The molecule has 34 heavy (non-hydrogen) atoms. The fourth-order valence-electron chi connectivity index (χ4n) is 3.15. The highest BCUT2D eigenvalue weighted by Crippen LogP contribution is 2.33. The third kappa shape index (κ3) is 6.48. The number of thioether (sulfide) groups is 1. The van der Waals surface area contributed by atoms with Gasteiger partial charge in [-0.2, -0.15) is 11.8 Å². The molecule has 1 heterocycles. The van der Waals surface area contributed by atoms with Gasteiger partial charge in [0.25, 0.3) is 10.0 Å². The molecule has 0 atom stereocenters. The smallest absolute Gasteiger partial charge is 0.264 e. The number of anilines is 1. The Kier molecular flexibility index (Phi) is 8.89. The van der Waals surface area contributed by atoms with Gasteiger partial charge in [0.2, 0.25) is 5.91 Å². The van der Waals surface area contributed by atoms with Gasteiger partial charge in [-0.05, 0) is 43.3 Å². The number of carbonyl (C=O) groups is 1. The van der Waals surface area contributed by atoms with Gasteiger partial charge in [-0.3, -0.25) is 9.10 Å². The average molecular weight is 505 g/mol. The molecule has 182 valence electrons. The molecule has 3 aromatic rings. The Morgan fingerprint density at radius 3 is 2.44 bits per heavy atom. The number of sulfonamides is 1. The molecule has 0 spiro atoms. The molecule has 0 saturated carbocycles. The molecule has 0 radical (unpaired) electrons. The molecule has 3 rings (SSSR count). The maximum absolute atomic E-state index is 13.5. The van der Waals surface area contributed by atoms with Crippen molar-refractivity contribution in [3.05, 3.63) is 72.2 Å². The van der Waals surface area contributed by atoms with Crippen molar-refractivity contribution in [2.24, 2.45) is 0 Å². The van der Waals surface area contributed by atoms with Crippen molar-refractivity contribution >= 4 is 33.4 Å². The standard InChI is InChI=1S/C24H28N2O6S2/c1-18-6-9-21(10-7-18)34(28,29)26(19-8-11-22(30-2)23(15-19)31-3)16-24(27)25-12-14-33-17-20-5-4-13-32-20/h4-11,13,15H,12,14,16-17H2,1-3H3,(H,25,27). The van der Waals surface area contributed by atoms with Gasteiger partial charge < -0.3 is 19.2 Å². The second-order valence-electron chi connectivity index (χ2n) is 7.35. The molecule has 0 aliphatic rings. The number of furan rings is 1. The van der Waals surface area contributed by atoms with Crippen molar-refractivity contribution in [1.29, 1.82) is 0 Å². The largest absolute Gasteiger partial charge is 0.493 e. The fourth-order valence-corrected chi connectivity index (χ4v) is 5.32. The lowest BCUT2D eigenvalue weighted by molar-refractivity contribution is -0.119. The first-order valence-corrected chi connectivity index (χ1v) is 13.1. The monoisotopic (exact) mass is 504 g/mol. The van der Waals surface area contributed by atoms with Crippen molar-refractivity contribution in [2.45, 2.75) is 17.6 Å². The van der Waals surface area contributed by atoms with Crippen LogP contribution in [0.4, 0.5) is 5.69 Å². The van der Waals surface area contributed by atoms with Crippen LogP contribution in [0.3, 0.4) is 0 Å². The van der Waals surface area contributed by atoms with Crippen LogP contribution in [-0.4, -0.2) is 47.4 Å². The van der Waals surface area contributed by atoms with E-state index in [1.54, 1.807) is 42.3 Å². The van der Waals surface area contributed by atoms with Crippen molar-refractivity contribution in [3.63, 3.8) is 0 Å². The van der Waals surface area contributed by atoms with Crippen molar-refractivity contribution < 1.29 is 27.1 Å². The molecule has 0 unspecified atom stereocenters. The number of carbonyl (C=O) groups excluding carboxylic acids is 1. The highest BCUT2D eigenvalue weighted by atomic mass is 32.2. The van der Waals surface area contributed by atoms with Gasteiger partial charge in [-0.15, -0.1) is 0 Å². The first-order valence-electron chi connectivity index (χ1n) is 10.5. The highest BCUT2D eigenvalue weighted by Gasteiger charge is 2.28. The van der Waals surface area contributed by atoms with E-state index in [0.717, 1.165) is 15.6 Å². The lowest BCUT2D eigenvalue weighted by Gasteiger charge is -2.25. The summed E-state index contributed by atoms with van der Waals surface area (Å²) < 4.78 is 43.9. The van der Waals surface area contributed by atoms with Crippen LogP contribution in [0.1, 0.15) is 11.3 Å². The number of hydrogen-bond acceptors (Lipinski definition) is 7. The number of nitrogens with one attached hydrogen (secondary N) is 1. The molecule has 2 aromatic carbocycles. The molecule has 1 N–H and O–H groups in total. The molecule has 0 saturated heterocycles. The molecule has 1 aromatic heterocycles. The minimum Gasteiger partial charge on any atom is -0.493 e. The van der Waals surface area contributed by atoms with Gasteiger partial charge in [-0.1, -0.05) is 17.7 Å². The Morgan fingerprint density at radius 1 is 1.06 bits per heavy atom. The van der Waals surface area contributed by atoms with Crippen LogP contribution >= 0.6 is 11.8 Å². The first-order chi connectivity index (χ1) is 16.3. The molecule has 1 amide bonds. The molecule has 8 nitrogen and oxygen atoms in total. The number of hydrogen-bond donors (Lipinski definition) is 1. The van der Waals surface area contributed by atoms with Gasteiger partial charge in [0.1, 0.15) is 12.3 Å². The summed E-state index contributed by atoms with van der Waals surface area (Å²) in [6, 6.07) is 14.9. The summed E-state index contributed by atoms with van der Waals surface area (Å²) in [6.07, 6.45) is 1.62. The zero-order valence-electron chi connectivity index (χ0n) is 19.3. The number of amides is 1. The summed E-state index contributed by atoms with van der Waals surface area (Å²) in [5.74, 6) is 2.62. The first kappa shape index (κ1) is 25.5. The number of rotatable bonds is 12. The Balaban J connectivity index is 1.76. The van der Waals surface area contributed by atoms with E-state index in [1.807, 2.05) is 19.1 Å². The Hall–Kier alpha value is -3.11. The Morgan fingerprint density at radius 2 is 1.79 bits per heavy atom. The van der Waals surface area contributed by atoms with E-state index in [4.69, 9.17) is 13.9 Å². The van der Waals surface area contributed by atoms with Gasteiger partial charge in [0, 0.05) is 18.4 Å². The third-order valence-electron chi connectivity index (χ3n) is 4.94. The maximum atomic E-state index is 13.5. The summed E-state index contributed by atoms with van der Waals surface area (Å²) in [7, 11) is -1.06. The fraction of sp³-hybridized carbons (Fsp3) is 0.292. The normalized spacial score (nSPS) is 11.1. The summed E-state index contributed by atoms with van der Waals surface area (Å²) in [5, 5.41) is 2.79. The van der Waals surface area contributed by atoms with E-state index in [1.165, 1.54) is 32.4 Å². The van der Waals surface area contributed by atoms with Gasteiger partial charge >= 0.3 is 0 Å². The van der Waals surface area contributed by atoms with Crippen LogP contribution < -0.4 is 19.1 Å². The van der Waals surface area contributed by atoms with Crippen LogP contribution in [0.5, 0.6) is 11.5 Å². The van der Waals surface area contributed by atoms with Crippen LogP contribution in [0.2, 0.25) is 0 Å². The summed E-state index contributed by atoms with van der Waals surface area (Å²) in [6.45, 7) is 1.89. The van der Waals surface area contributed by atoms with E-state index >= 15 is 0 Å². The average Bonchev–Trinajstić information content (AvgIpc) is 3.35. The summed E-state index contributed by atoms with van der Waals surface area (Å²) in [5.41, 5.74) is 1.22. The van der Waals surface area contributed by atoms with Crippen LogP contribution in [0, 0.1) is 6.92 Å². The number of benzene rings is 2. The second kappa shape index (κ2) is 11.8. The predicted molar refractivity (Wildman–Crippen MR) is 133 cm³/mol. The van der Waals surface area contributed by atoms with Crippen molar-refractivity contribution in [3.8, 4) is 11.5 Å². The lowest BCUT2D eigenvalue weighted by atomic mass is 10.2. The quantitative estimate of drug-likeness (QED) is 0.374. The van der Waals surface area contributed by atoms with E-state index in [0.29, 0.717) is 35.2 Å². The molecule has 0 aliphatic heterocycles. The van der Waals surface area contributed by atoms with E-state index < -0.39 is 15.9 Å². The number of ether oxygens (including phenoxy) is 2. The molecular weight excluding hydrogens is 476 g/mol. The van der Waals surface area contributed by atoms with Crippen molar-refractivity contribution in [1.82, 2.24) is 5.32 Å². The van der Waals surface area contributed by atoms with Crippen LogP contribution in [0.15, 0.2) is 70.2 Å². The number of methoxy groups -OCH3 is 2. The minimum absolute atomic E-state index is 0.0923. The zero-order valence-corrected chi connectivity index (χ0v) is 20.9. The topological polar surface area (TPSA) is 98.1 Å². The SMILES string of the molecule is COc1ccc(N(CC(=O)NCCSCc2ccco2)S(=O)(=O)c2ccc(C)cc2)cc1OC. The van der Waals surface area contributed by atoms with Gasteiger partial charge in [-0.25, -0.2) is 8.42 Å². The molecular formula is C24H28N2O6S2. The van der Waals surface area contributed by atoms with E-state index in [2.05, 4.69) is 5.32 Å². The molecule has 0 fully saturated rings. The zero-order chi connectivity index (χ0) is 24.6. The maximum Gasteiger partial charge on any atom is 0.264 e. The second-order valence-corrected chi connectivity index (χ2v) is 10.3. The summed E-state index contributed by atoms with van der Waals surface area (Å²) >= 11 is 1.61. The molecule has 10 heteroatoms. The minimum atomic E-state index is -4.02. The van der Waals surface area contributed by atoms with Crippen molar-refractivity contribution in [2.75, 3.05) is 37.4 Å². The number of nitrogens with zero attached hydrogens (tertiary/aromatic N) is 1. The van der Waals surface area contributed by atoms with E-state index in [9.17, 15) is 13.2 Å². The number of aryl methyl sites for hydroxylation is 1. The Bertz CT molecular complexity index is 1180. The van der Waals surface area contributed by atoms with E-state index in [-0.39, 0.29) is 11.4 Å². The summed E-state index contributed by atoms with van der Waals surface area (Å²) in [4.78, 5) is 12.8. The van der Waals surface area contributed by atoms with Crippen LogP contribution in [-0.2, 0) is 20.6 Å². The Labute approximate surface area is 204 Å². The third-order valence-corrected chi connectivity index (χ3v) is 7.71. The highest BCUT2D eigenvalue weighted by molar-refractivity contribution is 7.98.